The van der Waals surface area contributed by atoms with E-state index in [1.807, 2.05) is 6.92 Å². The molecule has 0 unspecified atom stereocenters. The minimum absolute atomic E-state index is 0.0154. The van der Waals surface area contributed by atoms with Crippen molar-refractivity contribution >= 4 is 11.9 Å². The lowest BCUT2D eigenvalue weighted by molar-refractivity contribution is -0.141. The van der Waals surface area contributed by atoms with E-state index in [-0.39, 0.29) is 18.4 Å². The maximum absolute atomic E-state index is 11.5. The zero-order valence-electron chi connectivity index (χ0n) is 8.69. The zero-order chi connectivity index (χ0) is 10.7. The zero-order valence-corrected chi connectivity index (χ0v) is 8.69. The van der Waals surface area contributed by atoms with E-state index in [1.165, 1.54) is 0 Å². The van der Waals surface area contributed by atoms with Gasteiger partial charge in [-0.05, 0) is 13.3 Å². The summed E-state index contributed by atoms with van der Waals surface area (Å²) in [4.78, 5) is 23.9. The molecule has 4 nitrogen and oxygen atoms in total. The van der Waals surface area contributed by atoms with Crippen LogP contribution in [0.3, 0.4) is 0 Å². The Bertz CT molecular complexity index is 240. The van der Waals surface area contributed by atoms with Gasteiger partial charge in [-0.25, -0.2) is 0 Å². The molecular weight excluding hydrogens is 182 g/mol. The van der Waals surface area contributed by atoms with Gasteiger partial charge >= 0.3 is 5.97 Å². The van der Waals surface area contributed by atoms with Crippen molar-refractivity contribution in [3.8, 4) is 0 Å². The molecule has 1 saturated heterocycles. The fourth-order valence-corrected chi connectivity index (χ4v) is 1.90. The Morgan fingerprint density at radius 1 is 1.71 bits per heavy atom. The number of nitrogens with zero attached hydrogens (tertiary/aromatic N) is 1. The highest BCUT2D eigenvalue weighted by Gasteiger charge is 2.36. The smallest absolute Gasteiger partial charge is 0.308 e. The lowest BCUT2D eigenvalue weighted by Gasteiger charge is -2.23. The van der Waals surface area contributed by atoms with Crippen LogP contribution in [0.4, 0.5) is 0 Å². The standard InChI is InChI=1S/C10H17NO3/c1-3-4-7(2)11-6-8(10(13)14)5-9(11)12/h7-8H,3-6H2,1-2H3,(H,13,14)/t7-,8+/m1/s1. The molecule has 1 aliphatic rings. The third-order valence-electron chi connectivity index (χ3n) is 2.75. The molecule has 0 saturated carbocycles. The summed E-state index contributed by atoms with van der Waals surface area (Å²) in [6.45, 7) is 4.42. The Morgan fingerprint density at radius 2 is 2.36 bits per heavy atom. The van der Waals surface area contributed by atoms with Gasteiger partial charge in [-0.15, -0.1) is 0 Å². The van der Waals surface area contributed by atoms with Crippen molar-refractivity contribution in [3.05, 3.63) is 0 Å². The first-order valence-corrected chi connectivity index (χ1v) is 5.08. The lowest BCUT2D eigenvalue weighted by atomic mass is 10.1. The summed E-state index contributed by atoms with van der Waals surface area (Å²) >= 11 is 0. The Labute approximate surface area is 83.9 Å². The molecule has 1 heterocycles. The summed E-state index contributed by atoms with van der Waals surface area (Å²) in [6, 6.07) is 0.178. The van der Waals surface area contributed by atoms with Gasteiger partial charge in [0.2, 0.25) is 5.91 Å². The van der Waals surface area contributed by atoms with Gasteiger partial charge in [-0.3, -0.25) is 9.59 Å². The van der Waals surface area contributed by atoms with Crippen molar-refractivity contribution in [1.82, 2.24) is 4.90 Å². The van der Waals surface area contributed by atoms with Crippen LogP contribution in [0.5, 0.6) is 0 Å². The summed E-state index contributed by atoms with van der Waals surface area (Å²) in [7, 11) is 0. The maximum Gasteiger partial charge on any atom is 0.308 e. The first-order chi connectivity index (χ1) is 6.56. The van der Waals surface area contributed by atoms with Crippen LogP contribution < -0.4 is 0 Å². The molecule has 1 N–H and O–H groups in total. The second-order valence-corrected chi connectivity index (χ2v) is 3.92. The van der Waals surface area contributed by atoms with Crippen molar-refractivity contribution in [2.45, 2.75) is 39.2 Å². The second kappa shape index (κ2) is 4.44. The SMILES string of the molecule is CCC[C@@H](C)N1C[C@@H](C(=O)O)CC1=O. The molecule has 0 aliphatic carbocycles. The lowest BCUT2D eigenvalue weighted by Crippen LogP contribution is -2.34. The van der Waals surface area contributed by atoms with Gasteiger partial charge in [0, 0.05) is 19.0 Å². The largest absolute Gasteiger partial charge is 0.481 e. The molecule has 2 atom stereocenters. The van der Waals surface area contributed by atoms with E-state index in [4.69, 9.17) is 5.11 Å². The molecule has 0 bridgehead atoms. The molecule has 1 rings (SSSR count). The Hall–Kier alpha value is -1.06. The van der Waals surface area contributed by atoms with Crippen LogP contribution >= 0.6 is 0 Å². The highest BCUT2D eigenvalue weighted by Crippen LogP contribution is 2.21. The molecule has 1 aliphatic heterocycles. The Kier molecular flexibility index (Phi) is 3.49. The summed E-state index contributed by atoms with van der Waals surface area (Å²) in [5, 5.41) is 8.78. The first kappa shape index (κ1) is 11.0. The molecule has 14 heavy (non-hydrogen) atoms. The number of hydrogen-bond donors (Lipinski definition) is 1. The molecule has 0 aromatic carbocycles. The highest BCUT2D eigenvalue weighted by molar-refractivity contribution is 5.86. The highest BCUT2D eigenvalue weighted by atomic mass is 16.4. The molecule has 0 aromatic rings. The van der Waals surface area contributed by atoms with Crippen LogP contribution in [-0.2, 0) is 9.59 Å². The predicted octanol–water partition coefficient (Wildman–Crippen LogP) is 1.11. The van der Waals surface area contributed by atoms with Gasteiger partial charge in [-0.1, -0.05) is 13.3 Å². The summed E-state index contributed by atoms with van der Waals surface area (Å²) in [6.07, 6.45) is 2.13. The van der Waals surface area contributed by atoms with E-state index >= 15 is 0 Å². The van der Waals surface area contributed by atoms with E-state index in [9.17, 15) is 9.59 Å². The van der Waals surface area contributed by atoms with Gasteiger partial charge in [0.05, 0.1) is 5.92 Å². The number of carboxylic acid groups (broad SMARTS) is 1. The van der Waals surface area contributed by atoms with E-state index in [0.29, 0.717) is 6.54 Å². The number of amides is 1. The molecule has 80 valence electrons. The van der Waals surface area contributed by atoms with Gasteiger partial charge in [0.1, 0.15) is 0 Å². The fourth-order valence-electron chi connectivity index (χ4n) is 1.90. The van der Waals surface area contributed by atoms with E-state index in [1.54, 1.807) is 4.90 Å². The minimum Gasteiger partial charge on any atom is -0.481 e. The number of rotatable bonds is 4. The van der Waals surface area contributed by atoms with Crippen molar-refractivity contribution in [2.24, 2.45) is 5.92 Å². The molecule has 1 fully saturated rings. The molecule has 1 amide bonds. The topological polar surface area (TPSA) is 57.6 Å². The van der Waals surface area contributed by atoms with E-state index < -0.39 is 11.9 Å². The summed E-state index contributed by atoms with van der Waals surface area (Å²) < 4.78 is 0. The van der Waals surface area contributed by atoms with Crippen molar-refractivity contribution in [3.63, 3.8) is 0 Å². The maximum atomic E-state index is 11.5. The normalized spacial score (nSPS) is 24.0. The van der Waals surface area contributed by atoms with Crippen molar-refractivity contribution in [2.75, 3.05) is 6.54 Å². The van der Waals surface area contributed by atoms with Crippen LogP contribution in [-0.4, -0.2) is 34.5 Å². The summed E-state index contributed by atoms with van der Waals surface area (Å²) in [5.41, 5.74) is 0. The number of carboxylic acids is 1. The third-order valence-corrected chi connectivity index (χ3v) is 2.75. The Morgan fingerprint density at radius 3 is 2.79 bits per heavy atom. The predicted molar refractivity (Wildman–Crippen MR) is 51.8 cm³/mol. The van der Waals surface area contributed by atoms with Crippen LogP contribution in [0.2, 0.25) is 0 Å². The number of aliphatic carboxylic acids is 1. The average molecular weight is 199 g/mol. The Balaban J connectivity index is 2.56. The van der Waals surface area contributed by atoms with E-state index in [2.05, 4.69) is 6.92 Å². The van der Waals surface area contributed by atoms with Crippen molar-refractivity contribution in [1.29, 1.82) is 0 Å². The second-order valence-electron chi connectivity index (χ2n) is 3.92. The number of carbonyl (C=O) groups excluding carboxylic acids is 1. The van der Waals surface area contributed by atoms with Crippen LogP contribution in [0.1, 0.15) is 33.1 Å². The van der Waals surface area contributed by atoms with Gasteiger partial charge < -0.3 is 10.0 Å². The fraction of sp³-hybridized carbons (Fsp3) is 0.800. The molecular formula is C10H17NO3. The molecule has 0 aromatic heterocycles. The number of likely N-dealkylation sites (tertiary alicyclic amines) is 1. The summed E-state index contributed by atoms with van der Waals surface area (Å²) in [5.74, 6) is -1.37. The van der Waals surface area contributed by atoms with Crippen molar-refractivity contribution < 1.29 is 14.7 Å². The third kappa shape index (κ3) is 2.25. The average Bonchev–Trinajstić information content (AvgIpc) is 2.48. The van der Waals surface area contributed by atoms with Crippen LogP contribution in [0.15, 0.2) is 0 Å². The van der Waals surface area contributed by atoms with Crippen LogP contribution in [0, 0.1) is 5.92 Å². The molecule has 0 spiro atoms. The molecule has 0 radical (unpaired) electrons. The van der Waals surface area contributed by atoms with Crippen LogP contribution in [0.25, 0.3) is 0 Å². The minimum atomic E-state index is -0.857. The van der Waals surface area contributed by atoms with Gasteiger partial charge in [0.25, 0.3) is 0 Å². The van der Waals surface area contributed by atoms with Gasteiger partial charge in [0.15, 0.2) is 0 Å². The van der Waals surface area contributed by atoms with Gasteiger partial charge in [-0.2, -0.15) is 0 Å². The first-order valence-electron chi connectivity index (χ1n) is 5.08. The monoisotopic (exact) mass is 199 g/mol. The number of carbonyl (C=O) groups is 2. The van der Waals surface area contributed by atoms with E-state index in [0.717, 1.165) is 12.8 Å². The quantitative estimate of drug-likeness (QED) is 0.737. The molecule has 4 heteroatoms. The number of hydrogen-bond acceptors (Lipinski definition) is 2.